The minimum atomic E-state index is 0.590. The van der Waals surface area contributed by atoms with E-state index in [0.29, 0.717) is 11.5 Å². The topological polar surface area (TPSA) is 40.1 Å². The van der Waals surface area contributed by atoms with Crippen molar-refractivity contribution in [2.45, 2.75) is 64.3 Å². The molecule has 0 amide bonds. The Bertz CT molecular complexity index is 433. The molecule has 5 heteroatoms. The molecule has 2 aliphatic heterocycles. The molecule has 5 nitrogen and oxygen atoms in total. The Kier molecular flexibility index (Phi) is 7.00. The summed E-state index contributed by atoms with van der Waals surface area (Å²) in [5.74, 6) is 1.16. The first-order valence-electron chi connectivity index (χ1n) is 10.5. The number of aliphatic imine (C=N–C) groups is 1. The fourth-order valence-corrected chi connectivity index (χ4v) is 5.05. The predicted molar refractivity (Wildman–Crippen MR) is 104 cm³/mol. The van der Waals surface area contributed by atoms with Crippen molar-refractivity contribution in [3.05, 3.63) is 0 Å². The van der Waals surface area contributed by atoms with Gasteiger partial charge >= 0.3 is 0 Å². The van der Waals surface area contributed by atoms with Crippen molar-refractivity contribution in [1.82, 2.24) is 15.1 Å². The van der Waals surface area contributed by atoms with Gasteiger partial charge in [-0.3, -0.25) is 9.89 Å². The summed E-state index contributed by atoms with van der Waals surface area (Å²) >= 11 is 0. The lowest BCUT2D eigenvalue weighted by molar-refractivity contribution is 0.142. The van der Waals surface area contributed by atoms with E-state index in [1.54, 1.807) is 7.11 Å². The summed E-state index contributed by atoms with van der Waals surface area (Å²) in [6, 6.07) is 0.593. The van der Waals surface area contributed by atoms with E-state index < -0.39 is 0 Å². The first kappa shape index (κ1) is 19.0. The third-order valence-electron chi connectivity index (χ3n) is 6.52. The van der Waals surface area contributed by atoms with Gasteiger partial charge in [0.05, 0.1) is 13.2 Å². The molecule has 1 N–H and O–H groups in total. The molecule has 0 aromatic rings. The summed E-state index contributed by atoms with van der Waals surface area (Å²) in [6.07, 6.45) is 11.1. The van der Waals surface area contributed by atoms with Crippen molar-refractivity contribution in [1.29, 1.82) is 0 Å². The van der Waals surface area contributed by atoms with Gasteiger partial charge in [-0.05, 0) is 51.0 Å². The van der Waals surface area contributed by atoms with Crippen LogP contribution in [0.15, 0.2) is 4.99 Å². The number of hydrogen-bond acceptors (Lipinski definition) is 3. The van der Waals surface area contributed by atoms with Crippen LogP contribution in [0.3, 0.4) is 0 Å². The van der Waals surface area contributed by atoms with E-state index in [9.17, 15) is 0 Å². The van der Waals surface area contributed by atoms with E-state index >= 15 is 0 Å². The van der Waals surface area contributed by atoms with Crippen LogP contribution in [0, 0.1) is 5.41 Å². The van der Waals surface area contributed by atoms with Crippen LogP contribution in [-0.2, 0) is 4.74 Å². The predicted octanol–water partition coefficient (Wildman–Crippen LogP) is 2.72. The Balaban J connectivity index is 1.57. The van der Waals surface area contributed by atoms with Gasteiger partial charge in [0.2, 0.25) is 0 Å². The number of rotatable bonds is 6. The number of nitrogens with zero attached hydrogens (tertiary/aromatic N) is 3. The molecule has 1 aliphatic carbocycles. The van der Waals surface area contributed by atoms with Crippen LogP contribution >= 0.6 is 0 Å². The summed E-state index contributed by atoms with van der Waals surface area (Å²) in [5.41, 5.74) is 0.590. The maximum atomic E-state index is 5.26. The highest BCUT2D eigenvalue weighted by atomic mass is 16.5. The van der Waals surface area contributed by atoms with E-state index in [1.807, 2.05) is 0 Å². The summed E-state index contributed by atoms with van der Waals surface area (Å²) in [7, 11) is 1.79. The average molecular weight is 351 g/mol. The quantitative estimate of drug-likeness (QED) is 0.591. The van der Waals surface area contributed by atoms with E-state index in [1.165, 1.54) is 71.0 Å². The molecular weight excluding hydrogens is 312 g/mol. The lowest BCUT2D eigenvalue weighted by Crippen LogP contribution is -2.43. The van der Waals surface area contributed by atoms with Gasteiger partial charge in [0.15, 0.2) is 5.96 Å². The molecule has 1 spiro atoms. The second kappa shape index (κ2) is 9.22. The normalized spacial score (nSPS) is 27.4. The zero-order chi connectivity index (χ0) is 17.5. The van der Waals surface area contributed by atoms with Gasteiger partial charge in [0.25, 0.3) is 0 Å². The minimum absolute atomic E-state index is 0.590. The molecule has 2 saturated heterocycles. The molecule has 1 saturated carbocycles. The van der Waals surface area contributed by atoms with Gasteiger partial charge in [-0.1, -0.05) is 19.3 Å². The molecular formula is C20H38N4O. The minimum Gasteiger partial charge on any atom is -0.383 e. The third-order valence-corrected chi connectivity index (χ3v) is 6.52. The van der Waals surface area contributed by atoms with Crippen molar-refractivity contribution in [3.8, 4) is 0 Å². The summed E-state index contributed by atoms with van der Waals surface area (Å²) in [5, 5.41) is 3.56. The highest BCUT2D eigenvalue weighted by Crippen LogP contribution is 2.43. The zero-order valence-corrected chi connectivity index (χ0v) is 16.4. The Hall–Kier alpha value is -0.810. The fraction of sp³-hybridized carbons (Fsp3) is 0.950. The van der Waals surface area contributed by atoms with E-state index in [4.69, 9.17) is 9.73 Å². The van der Waals surface area contributed by atoms with Crippen LogP contribution in [0.25, 0.3) is 0 Å². The van der Waals surface area contributed by atoms with E-state index in [-0.39, 0.29) is 0 Å². The molecule has 0 aromatic heterocycles. The van der Waals surface area contributed by atoms with Crippen molar-refractivity contribution < 1.29 is 4.74 Å². The molecule has 2 heterocycles. The standard InChI is InChI=1S/C20H38N4O/c1-3-21-19(22-16-18-8-7-12-23(18)14-15-25-2)24-13-11-20(17-24)9-5-4-6-10-20/h18H,3-17H2,1-2H3,(H,21,22). The van der Waals surface area contributed by atoms with Gasteiger partial charge < -0.3 is 15.0 Å². The lowest BCUT2D eigenvalue weighted by Gasteiger charge is -2.33. The number of nitrogens with one attached hydrogen (secondary N) is 1. The van der Waals surface area contributed by atoms with Crippen molar-refractivity contribution >= 4 is 5.96 Å². The molecule has 25 heavy (non-hydrogen) atoms. The SMILES string of the molecule is CCNC(=NCC1CCCN1CCOC)N1CCC2(CCCCC2)C1. The fourth-order valence-electron chi connectivity index (χ4n) is 5.05. The highest BCUT2D eigenvalue weighted by molar-refractivity contribution is 5.80. The molecule has 1 atom stereocenters. The molecule has 3 fully saturated rings. The number of likely N-dealkylation sites (tertiary alicyclic amines) is 2. The van der Waals surface area contributed by atoms with Gasteiger partial charge in [-0.2, -0.15) is 0 Å². The molecule has 1 unspecified atom stereocenters. The first-order chi connectivity index (χ1) is 12.3. The van der Waals surface area contributed by atoms with Crippen molar-refractivity contribution in [2.24, 2.45) is 10.4 Å². The maximum absolute atomic E-state index is 5.26. The van der Waals surface area contributed by atoms with Crippen LogP contribution in [0.1, 0.15) is 58.3 Å². The smallest absolute Gasteiger partial charge is 0.193 e. The molecule has 0 bridgehead atoms. The van der Waals surface area contributed by atoms with Crippen LogP contribution in [0.2, 0.25) is 0 Å². The molecule has 0 radical (unpaired) electrons. The zero-order valence-electron chi connectivity index (χ0n) is 16.4. The van der Waals surface area contributed by atoms with Gasteiger partial charge in [0, 0.05) is 39.3 Å². The van der Waals surface area contributed by atoms with Gasteiger partial charge in [0.1, 0.15) is 0 Å². The lowest BCUT2D eigenvalue weighted by atomic mass is 9.73. The third kappa shape index (κ3) is 4.88. The van der Waals surface area contributed by atoms with Gasteiger partial charge in [-0.15, -0.1) is 0 Å². The van der Waals surface area contributed by atoms with Crippen LogP contribution < -0.4 is 5.32 Å². The highest BCUT2D eigenvalue weighted by Gasteiger charge is 2.39. The van der Waals surface area contributed by atoms with Crippen molar-refractivity contribution in [3.63, 3.8) is 0 Å². The maximum Gasteiger partial charge on any atom is 0.193 e. The largest absolute Gasteiger partial charge is 0.383 e. The van der Waals surface area contributed by atoms with E-state index in [2.05, 4.69) is 22.0 Å². The molecule has 3 rings (SSSR count). The molecule has 3 aliphatic rings. The summed E-state index contributed by atoms with van der Waals surface area (Å²) < 4.78 is 5.26. The molecule has 0 aromatic carbocycles. The average Bonchev–Trinajstić information content (AvgIpc) is 3.25. The Morgan fingerprint density at radius 2 is 2.00 bits per heavy atom. The van der Waals surface area contributed by atoms with E-state index in [0.717, 1.165) is 32.2 Å². The van der Waals surface area contributed by atoms with Crippen LogP contribution in [0.5, 0.6) is 0 Å². The Labute approximate surface area is 154 Å². The molecule has 144 valence electrons. The second-order valence-electron chi connectivity index (χ2n) is 8.25. The number of ether oxygens (including phenoxy) is 1. The second-order valence-corrected chi connectivity index (χ2v) is 8.25. The van der Waals surface area contributed by atoms with Gasteiger partial charge in [-0.25, -0.2) is 0 Å². The number of methoxy groups -OCH3 is 1. The van der Waals surface area contributed by atoms with Crippen molar-refractivity contribution in [2.75, 3.05) is 53.0 Å². The number of hydrogen-bond donors (Lipinski definition) is 1. The summed E-state index contributed by atoms with van der Waals surface area (Å²) in [4.78, 5) is 10.2. The van der Waals surface area contributed by atoms with Crippen LogP contribution in [-0.4, -0.2) is 74.8 Å². The summed E-state index contributed by atoms with van der Waals surface area (Å²) in [6.45, 7) is 9.54. The monoisotopic (exact) mass is 350 g/mol. The Morgan fingerprint density at radius 3 is 2.76 bits per heavy atom. The van der Waals surface area contributed by atoms with Crippen LogP contribution in [0.4, 0.5) is 0 Å². The first-order valence-corrected chi connectivity index (χ1v) is 10.5. The number of guanidine groups is 1. The Morgan fingerprint density at radius 1 is 1.16 bits per heavy atom.